The van der Waals surface area contributed by atoms with Crippen LogP contribution in [0.2, 0.25) is 0 Å². The fourth-order valence-corrected chi connectivity index (χ4v) is 0.861. The van der Waals surface area contributed by atoms with Crippen LogP contribution in [-0.4, -0.2) is 32.1 Å². The summed E-state index contributed by atoms with van der Waals surface area (Å²) in [6.45, 7) is 0. The van der Waals surface area contributed by atoms with Gasteiger partial charge in [0, 0.05) is 12.3 Å². The maximum Gasteiger partial charge on any atom is 0.271 e. The van der Waals surface area contributed by atoms with Gasteiger partial charge in [-0.15, -0.1) is 4.80 Å². The van der Waals surface area contributed by atoms with E-state index in [0.717, 1.165) is 0 Å². The summed E-state index contributed by atoms with van der Waals surface area (Å²) in [4.78, 5) is 9.34. The Labute approximate surface area is 74.2 Å². The fourth-order valence-electron chi connectivity index (χ4n) is 0.861. The zero-order valence-corrected chi connectivity index (χ0v) is 6.95. The Balaban J connectivity index is 2.41. The molecule has 0 N–H and O–H groups in total. The Morgan fingerprint density at radius 2 is 2.00 bits per heavy atom. The summed E-state index contributed by atoms with van der Waals surface area (Å²) in [5.74, 6) is 0.881. The lowest BCUT2D eigenvalue weighted by atomic mass is 10.6. The van der Waals surface area contributed by atoms with E-state index in [4.69, 9.17) is 4.74 Å². The van der Waals surface area contributed by atoms with Crippen LogP contribution >= 0.6 is 0 Å². The SMILES string of the molecule is COc1ccnc(-n2nccn2)n1. The maximum absolute atomic E-state index is 4.93. The second-order valence-corrected chi connectivity index (χ2v) is 2.22. The molecule has 0 bridgehead atoms. The molecular formula is C7H7N5O. The summed E-state index contributed by atoms with van der Waals surface area (Å²) in [6, 6.07) is 1.66. The van der Waals surface area contributed by atoms with Crippen molar-refractivity contribution >= 4 is 0 Å². The van der Waals surface area contributed by atoms with Crippen LogP contribution in [0, 0.1) is 0 Å². The van der Waals surface area contributed by atoms with E-state index in [0.29, 0.717) is 11.8 Å². The number of nitrogens with zero attached hydrogens (tertiary/aromatic N) is 5. The second-order valence-electron chi connectivity index (χ2n) is 2.22. The van der Waals surface area contributed by atoms with Gasteiger partial charge in [0.2, 0.25) is 5.88 Å². The minimum absolute atomic E-state index is 0.393. The number of methoxy groups -OCH3 is 1. The van der Waals surface area contributed by atoms with Crippen LogP contribution in [-0.2, 0) is 0 Å². The van der Waals surface area contributed by atoms with Gasteiger partial charge < -0.3 is 4.74 Å². The van der Waals surface area contributed by atoms with Crippen molar-refractivity contribution in [3.63, 3.8) is 0 Å². The van der Waals surface area contributed by atoms with Crippen molar-refractivity contribution in [1.82, 2.24) is 25.0 Å². The van der Waals surface area contributed by atoms with Crippen LogP contribution in [0.25, 0.3) is 5.95 Å². The summed E-state index contributed by atoms with van der Waals surface area (Å²) < 4.78 is 4.93. The zero-order chi connectivity index (χ0) is 9.10. The largest absolute Gasteiger partial charge is 0.481 e. The number of rotatable bonds is 2. The standard InChI is InChI=1S/C7H7N5O/c1-13-6-2-3-8-7(11-6)12-9-4-5-10-12/h2-5H,1H3. The summed E-state index contributed by atoms with van der Waals surface area (Å²) in [6.07, 6.45) is 4.70. The molecule has 0 aliphatic carbocycles. The van der Waals surface area contributed by atoms with Gasteiger partial charge in [-0.1, -0.05) is 0 Å². The molecule has 0 aliphatic rings. The lowest BCUT2D eigenvalue weighted by molar-refractivity contribution is 0.395. The minimum atomic E-state index is 0.393. The smallest absolute Gasteiger partial charge is 0.271 e. The van der Waals surface area contributed by atoms with Crippen LogP contribution in [0.15, 0.2) is 24.7 Å². The van der Waals surface area contributed by atoms with Crippen LogP contribution in [0.4, 0.5) is 0 Å². The van der Waals surface area contributed by atoms with E-state index in [2.05, 4.69) is 20.2 Å². The summed E-state index contributed by atoms with van der Waals surface area (Å²) in [5, 5.41) is 7.77. The van der Waals surface area contributed by atoms with Gasteiger partial charge in [-0.05, 0) is 0 Å². The molecule has 2 aromatic heterocycles. The monoisotopic (exact) mass is 177 g/mol. The quantitative estimate of drug-likeness (QED) is 0.649. The predicted molar refractivity (Wildman–Crippen MR) is 43.5 cm³/mol. The lowest BCUT2D eigenvalue weighted by Gasteiger charge is -1.99. The van der Waals surface area contributed by atoms with Crippen LogP contribution < -0.4 is 4.74 Å². The van der Waals surface area contributed by atoms with E-state index in [-0.39, 0.29) is 0 Å². The third-order valence-corrected chi connectivity index (χ3v) is 1.42. The predicted octanol–water partition coefficient (Wildman–Crippen LogP) is 0.0659. The molecule has 0 spiro atoms. The Bertz CT molecular complexity index is 386. The molecule has 2 rings (SSSR count). The third-order valence-electron chi connectivity index (χ3n) is 1.42. The first-order chi connectivity index (χ1) is 6.40. The number of aromatic nitrogens is 5. The third kappa shape index (κ3) is 1.46. The van der Waals surface area contributed by atoms with Crippen molar-refractivity contribution in [3.05, 3.63) is 24.7 Å². The Kier molecular flexibility index (Phi) is 1.87. The first-order valence-electron chi connectivity index (χ1n) is 3.64. The number of hydrogen-bond donors (Lipinski definition) is 0. The van der Waals surface area contributed by atoms with Crippen molar-refractivity contribution in [2.75, 3.05) is 7.11 Å². The van der Waals surface area contributed by atoms with Crippen molar-refractivity contribution in [2.45, 2.75) is 0 Å². The molecule has 0 aliphatic heterocycles. The van der Waals surface area contributed by atoms with Crippen LogP contribution in [0.5, 0.6) is 5.88 Å². The van der Waals surface area contributed by atoms with Crippen molar-refractivity contribution in [3.8, 4) is 11.8 Å². The van der Waals surface area contributed by atoms with E-state index >= 15 is 0 Å². The van der Waals surface area contributed by atoms with Crippen molar-refractivity contribution in [2.24, 2.45) is 0 Å². The maximum atomic E-state index is 4.93. The molecule has 0 saturated heterocycles. The molecule has 13 heavy (non-hydrogen) atoms. The van der Waals surface area contributed by atoms with Crippen LogP contribution in [0.3, 0.4) is 0 Å². The van der Waals surface area contributed by atoms with Gasteiger partial charge in [0.15, 0.2) is 0 Å². The molecule has 6 heteroatoms. The van der Waals surface area contributed by atoms with Gasteiger partial charge in [0.25, 0.3) is 5.95 Å². The van der Waals surface area contributed by atoms with Gasteiger partial charge in [0.1, 0.15) is 0 Å². The highest BCUT2D eigenvalue weighted by molar-refractivity contribution is 5.14. The molecule has 66 valence electrons. The Morgan fingerprint density at radius 1 is 1.23 bits per heavy atom. The Morgan fingerprint density at radius 3 is 2.69 bits per heavy atom. The molecule has 0 unspecified atom stereocenters. The molecule has 0 aromatic carbocycles. The molecule has 2 aromatic rings. The average molecular weight is 177 g/mol. The fraction of sp³-hybridized carbons (Fsp3) is 0.143. The van der Waals surface area contributed by atoms with Crippen LogP contribution in [0.1, 0.15) is 0 Å². The highest BCUT2D eigenvalue weighted by Crippen LogP contribution is 2.04. The second kappa shape index (κ2) is 3.18. The minimum Gasteiger partial charge on any atom is -0.481 e. The molecule has 0 amide bonds. The highest BCUT2D eigenvalue weighted by atomic mass is 16.5. The van der Waals surface area contributed by atoms with Crippen molar-refractivity contribution < 1.29 is 4.74 Å². The number of ether oxygens (including phenoxy) is 1. The first-order valence-corrected chi connectivity index (χ1v) is 3.64. The topological polar surface area (TPSA) is 65.7 Å². The molecule has 2 heterocycles. The van der Waals surface area contributed by atoms with Crippen molar-refractivity contribution in [1.29, 1.82) is 0 Å². The van der Waals surface area contributed by atoms with Gasteiger partial charge >= 0.3 is 0 Å². The molecule has 0 radical (unpaired) electrons. The Hall–Kier alpha value is -1.98. The molecule has 6 nitrogen and oxygen atoms in total. The first kappa shape index (κ1) is 7.66. The van der Waals surface area contributed by atoms with Gasteiger partial charge in [-0.2, -0.15) is 15.2 Å². The summed E-state index contributed by atoms with van der Waals surface area (Å²) in [5.41, 5.74) is 0. The summed E-state index contributed by atoms with van der Waals surface area (Å²) >= 11 is 0. The van der Waals surface area contributed by atoms with E-state index in [1.54, 1.807) is 31.8 Å². The van der Waals surface area contributed by atoms with E-state index in [1.807, 2.05) is 0 Å². The molecular weight excluding hydrogens is 170 g/mol. The zero-order valence-electron chi connectivity index (χ0n) is 6.95. The molecule has 0 fully saturated rings. The molecule has 0 saturated carbocycles. The van der Waals surface area contributed by atoms with E-state index < -0.39 is 0 Å². The lowest BCUT2D eigenvalue weighted by Crippen LogP contribution is -2.04. The van der Waals surface area contributed by atoms with E-state index in [1.165, 1.54) is 4.80 Å². The van der Waals surface area contributed by atoms with E-state index in [9.17, 15) is 0 Å². The number of hydrogen-bond acceptors (Lipinski definition) is 5. The molecule has 0 atom stereocenters. The average Bonchev–Trinajstić information content (AvgIpc) is 2.71. The summed E-state index contributed by atoms with van der Waals surface area (Å²) in [7, 11) is 1.54. The van der Waals surface area contributed by atoms with Gasteiger partial charge in [-0.25, -0.2) is 4.98 Å². The highest BCUT2D eigenvalue weighted by Gasteiger charge is 2.01. The van der Waals surface area contributed by atoms with Gasteiger partial charge in [-0.3, -0.25) is 0 Å². The normalized spacial score (nSPS) is 9.92. The van der Waals surface area contributed by atoms with Gasteiger partial charge in [0.05, 0.1) is 19.5 Å².